The number of ether oxygens (including phenoxy) is 1. The van der Waals surface area contributed by atoms with Crippen LogP contribution in [0.15, 0.2) is 42.9 Å². The maximum atomic E-state index is 12.8. The number of hydrogen-bond donors (Lipinski definition) is 0. The minimum Gasteiger partial charge on any atom is -0.377 e. The summed E-state index contributed by atoms with van der Waals surface area (Å²) >= 11 is 0. The van der Waals surface area contributed by atoms with Crippen molar-refractivity contribution < 1.29 is 9.53 Å². The van der Waals surface area contributed by atoms with Crippen LogP contribution in [0.25, 0.3) is 21.9 Å². The third kappa shape index (κ3) is 3.95. The minimum absolute atomic E-state index is 0.120. The van der Waals surface area contributed by atoms with Crippen molar-refractivity contribution in [3.63, 3.8) is 0 Å². The molecule has 2 aromatic heterocycles. The van der Waals surface area contributed by atoms with Crippen LogP contribution < -0.4 is 0 Å². The fourth-order valence-electron chi connectivity index (χ4n) is 4.33. The predicted molar refractivity (Wildman–Crippen MR) is 112 cm³/mol. The molecule has 0 bridgehead atoms. The monoisotopic (exact) mass is 390 g/mol. The number of rotatable bonds is 6. The fraction of sp³-hybridized carbons (Fsp3) is 0.435. The summed E-state index contributed by atoms with van der Waals surface area (Å²) < 4.78 is 7.33. The lowest BCUT2D eigenvalue weighted by molar-refractivity contribution is -0.122. The molecular formula is C23H26N4O2. The van der Waals surface area contributed by atoms with Gasteiger partial charge >= 0.3 is 0 Å². The molecule has 6 heteroatoms. The SMILES string of the molecule is Cn1cc(-c2ccc3cnc(CC(=O)C4CCN(CC5CCO5)C4)cc3c2)cn1. The molecule has 1 aromatic carbocycles. The molecule has 2 aliphatic heterocycles. The van der Waals surface area contributed by atoms with Crippen LogP contribution in [0.4, 0.5) is 0 Å². The number of carbonyl (C=O) groups is 1. The van der Waals surface area contributed by atoms with Crippen molar-refractivity contribution in [2.45, 2.75) is 25.4 Å². The highest BCUT2D eigenvalue weighted by Gasteiger charge is 2.31. The van der Waals surface area contributed by atoms with Crippen LogP contribution in [0.1, 0.15) is 18.5 Å². The van der Waals surface area contributed by atoms with Gasteiger partial charge in [0.1, 0.15) is 5.78 Å². The second-order valence-corrected chi connectivity index (χ2v) is 8.31. The van der Waals surface area contributed by atoms with E-state index < -0.39 is 0 Å². The number of benzene rings is 1. The number of pyridine rings is 1. The zero-order valence-electron chi connectivity index (χ0n) is 16.8. The Balaban J connectivity index is 1.28. The molecule has 0 spiro atoms. The number of nitrogens with zero attached hydrogens (tertiary/aromatic N) is 4. The number of ketones is 1. The van der Waals surface area contributed by atoms with E-state index >= 15 is 0 Å². The van der Waals surface area contributed by atoms with Gasteiger partial charge in [-0.25, -0.2) is 0 Å². The molecule has 29 heavy (non-hydrogen) atoms. The maximum Gasteiger partial charge on any atom is 0.143 e. The molecule has 0 N–H and O–H groups in total. The van der Waals surface area contributed by atoms with Crippen LogP contribution in [-0.4, -0.2) is 57.8 Å². The highest BCUT2D eigenvalue weighted by atomic mass is 16.5. The largest absolute Gasteiger partial charge is 0.377 e. The van der Waals surface area contributed by atoms with Gasteiger partial charge in [0.25, 0.3) is 0 Å². The average molecular weight is 390 g/mol. The molecule has 2 saturated heterocycles. The van der Waals surface area contributed by atoms with Gasteiger partial charge < -0.3 is 9.64 Å². The first-order chi connectivity index (χ1) is 14.1. The lowest BCUT2D eigenvalue weighted by Gasteiger charge is -2.30. The summed E-state index contributed by atoms with van der Waals surface area (Å²) in [7, 11) is 1.92. The molecule has 0 aliphatic carbocycles. The average Bonchev–Trinajstić information content (AvgIpc) is 3.33. The van der Waals surface area contributed by atoms with Crippen molar-refractivity contribution in [3.05, 3.63) is 48.5 Å². The maximum absolute atomic E-state index is 12.8. The zero-order chi connectivity index (χ0) is 19.8. The van der Waals surface area contributed by atoms with Gasteiger partial charge in [-0.1, -0.05) is 12.1 Å². The third-order valence-electron chi connectivity index (χ3n) is 6.15. The Kier molecular flexibility index (Phi) is 4.89. The van der Waals surface area contributed by atoms with Crippen LogP contribution in [0.3, 0.4) is 0 Å². The first kappa shape index (κ1) is 18.5. The molecule has 2 unspecified atom stereocenters. The molecule has 6 nitrogen and oxygen atoms in total. The Labute approximate surface area is 170 Å². The van der Waals surface area contributed by atoms with Crippen molar-refractivity contribution in [3.8, 4) is 11.1 Å². The Morgan fingerprint density at radius 1 is 1.17 bits per heavy atom. The molecule has 2 fully saturated rings. The second kappa shape index (κ2) is 7.69. The van der Waals surface area contributed by atoms with Crippen molar-refractivity contribution in [2.24, 2.45) is 13.0 Å². The van der Waals surface area contributed by atoms with E-state index in [-0.39, 0.29) is 5.92 Å². The summed E-state index contributed by atoms with van der Waals surface area (Å²) in [5.41, 5.74) is 3.07. The smallest absolute Gasteiger partial charge is 0.143 e. The minimum atomic E-state index is 0.120. The number of hydrogen-bond acceptors (Lipinski definition) is 5. The van der Waals surface area contributed by atoms with Crippen molar-refractivity contribution in [2.75, 3.05) is 26.2 Å². The molecule has 2 atom stereocenters. The van der Waals surface area contributed by atoms with Gasteiger partial charge in [0.15, 0.2) is 0 Å². The van der Waals surface area contributed by atoms with E-state index in [2.05, 4.69) is 39.2 Å². The summed E-state index contributed by atoms with van der Waals surface area (Å²) in [4.78, 5) is 19.8. The highest BCUT2D eigenvalue weighted by molar-refractivity contribution is 5.88. The van der Waals surface area contributed by atoms with Crippen LogP contribution in [0.5, 0.6) is 0 Å². The molecule has 150 valence electrons. The molecular weight excluding hydrogens is 364 g/mol. The first-order valence-corrected chi connectivity index (χ1v) is 10.4. The summed E-state index contributed by atoms with van der Waals surface area (Å²) in [6.45, 7) is 3.71. The van der Waals surface area contributed by atoms with Gasteiger partial charge in [-0.3, -0.25) is 14.5 Å². The summed E-state index contributed by atoms with van der Waals surface area (Å²) in [6.07, 6.45) is 8.63. The highest BCUT2D eigenvalue weighted by Crippen LogP contribution is 2.25. The number of Topliss-reactive ketones (excluding diaryl/α,β-unsaturated/α-hetero) is 1. The predicted octanol–water partition coefficient (Wildman–Crippen LogP) is 2.86. The van der Waals surface area contributed by atoms with Crippen molar-refractivity contribution in [1.82, 2.24) is 19.7 Å². The molecule has 2 aliphatic rings. The number of aromatic nitrogens is 3. The van der Waals surface area contributed by atoms with E-state index in [1.54, 1.807) is 4.68 Å². The van der Waals surface area contributed by atoms with E-state index in [1.165, 1.54) is 0 Å². The Bertz CT molecular complexity index is 1040. The fourth-order valence-corrected chi connectivity index (χ4v) is 4.33. The van der Waals surface area contributed by atoms with Gasteiger partial charge in [-0.15, -0.1) is 0 Å². The standard InChI is InChI=1S/C23H26N4O2/c1-26-13-20(12-25-26)16-2-3-17-11-24-21(9-19(17)8-16)10-23(28)18-4-6-27(14-18)15-22-5-7-29-22/h2-3,8-9,11-13,18,22H,4-7,10,14-15H2,1H3. The van der Waals surface area contributed by atoms with E-state index in [0.29, 0.717) is 18.3 Å². The topological polar surface area (TPSA) is 60.2 Å². The molecule has 0 amide bonds. The van der Waals surface area contributed by atoms with Crippen molar-refractivity contribution >= 4 is 16.6 Å². The number of aryl methyl sites for hydroxylation is 1. The van der Waals surface area contributed by atoms with E-state index in [4.69, 9.17) is 4.74 Å². The normalized spacial score (nSPS) is 22.1. The molecule has 3 aromatic rings. The quantitative estimate of drug-likeness (QED) is 0.648. The zero-order valence-corrected chi connectivity index (χ0v) is 16.8. The second-order valence-electron chi connectivity index (χ2n) is 8.31. The number of carbonyl (C=O) groups excluding carboxylic acids is 1. The molecule has 0 radical (unpaired) electrons. The lowest BCUT2D eigenvalue weighted by Crippen LogP contribution is -2.39. The van der Waals surface area contributed by atoms with Gasteiger partial charge in [0, 0.05) is 68.1 Å². The Hall–Kier alpha value is -2.57. The Morgan fingerprint density at radius 2 is 2.07 bits per heavy atom. The summed E-state index contributed by atoms with van der Waals surface area (Å²) in [5, 5.41) is 6.45. The number of fused-ring (bicyclic) bond motifs is 1. The molecule has 4 heterocycles. The summed E-state index contributed by atoms with van der Waals surface area (Å²) in [6, 6.07) is 8.37. The first-order valence-electron chi connectivity index (χ1n) is 10.4. The lowest BCUT2D eigenvalue weighted by atomic mass is 9.98. The third-order valence-corrected chi connectivity index (χ3v) is 6.15. The molecule has 5 rings (SSSR count). The van der Waals surface area contributed by atoms with Crippen LogP contribution in [0.2, 0.25) is 0 Å². The Morgan fingerprint density at radius 3 is 2.83 bits per heavy atom. The van der Waals surface area contributed by atoms with Gasteiger partial charge in [-0.2, -0.15) is 5.10 Å². The van der Waals surface area contributed by atoms with Crippen LogP contribution >= 0.6 is 0 Å². The van der Waals surface area contributed by atoms with E-state index in [1.807, 2.05) is 25.6 Å². The van der Waals surface area contributed by atoms with Crippen LogP contribution in [-0.2, 0) is 23.0 Å². The van der Waals surface area contributed by atoms with Crippen molar-refractivity contribution in [1.29, 1.82) is 0 Å². The van der Waals surface area contributed by atoms with E-state index in [0.717, 1.165) is 66.7 Å². The van der Waals surface area contributed by atoms with Gasteiger partial charge in [0.05, 0.1) is 12.3 Å². The summed E-state index contributed by atoms with van der Waals surface area (Å²) in [5.74, 6) is 0.423. The van der Waals surface area contributed by atoms with Gasteiger partial charge in [0.2, 0.25) is 0 Å². The van der Waals surface area contributed by atoms with Gasteiger partial charge in [-0.05, 0) is 42.5 Å². The number of likely N-dealkylation sites (tertiary alicyclic amines) is 1. The van der Waals surface area contributed by atoms with Crippen LogP contribution in [0, 0.1) is 5.92 Å². The van der Waals surface area contributed by atoms with E-state index in [9.17, 15) is 4.79 Å². The molecule has 0 saturated carbocycles.